The molecule has 86 valence electrons. The van der Waals surface area contributed by atoms with Gasteiger partial charge in [-0.3, -0.25) is 0 Å². The van der Waals surface area contributed by atoms with Crippen molar-refractivity contribution in [3.05, 3.63) is 34.9 Å². The Balaban J connectivity index is 2.04. The molecule has 0 amide bonds. The fraction of sp³-hybridized carbons (Fsp3) is 0.625. The second kappa shape index (κ2) is 3.35. The molecule has 1 saturated carbocycles. The van der Waals surface area contributed by atoms with Gasteiger partial charge in [-0.2, -0.15) is 0 Å². The van der Waals surface area contributed by atoms with Gasteiger partial charge in [0.1, 0.15) is 0 Å². The molecule has 2 unspecified atom stereocenters. The summed E-state index contributed by atoms with van der Waals surface area (Å²) in [7, 11) is 0. The minimum atomic E-state index is 0.602. The molecule has 2 aliphatic rings. The van der Waals surface area contributed by atoms with Gasteiger partial charge in [0, 0.05) is 5.41 Å². The quantitative estimate of drug-likeness (QED) is 0.692. The van der Waals surface area contributed by atoms with Crippen LogP contribution in [-0.4, -0.2) is 0 Å². The molecule has 0 heteroatoms. The fourth-order valence-corrected chi connectivity index (χ4v) is 4.40. The summed E-state index contributed by atoms with van der Waals surface area (Å²) in [4.78, 5) is 0. The van der Waals surface area contributed by atoms with Gasteiger partial charge in [0.15, 0.2) is 0 Å². The molecule has 16 heavy (non-hydrogen) atoms. The van der Waals surface area contributed by atoms with Gasteiger partial charge in [-0.1, -0.05) is 50.5 Å². The molecule has 1 aromatic rings. The third-order valence-electron chi connectivity index (χ3n) is 5.11. The second-order valence-corrected chi connectivity index (χ2v) is 5.77. The predicted molar refractivity (Wildman–Crippen MR) is 68.9 cm³/mol. The van der Waals surface area contributed by atoms with E-state index in [1.807, 2.05) is 0 Å². The first-order valence-electron chi connectivity index (χ1n) is 6.85. The molecule has 0 aliphatic heterocycles. The van der Waals surface area contributed by atoms with Gasteiger partial charge in [0.25, 0.3) is 0 Å². The maximum Gasteiger partial charge on any atom is 0.00530 e. The van der Waals surface area contributed by atoms with Crippen LogP contribution in [0.15, 0.2) is 18.2 Å². The van der Waals surface area contributed by atoms with Crippen LogP contribution < -0.4 is 0 Å². The van der Waals surface area contributed by atoms with Crippen molar-refractivity contribution in [3.63, 3.8) is 0 Å². The molecule has 0 nitrogen and oxygen atoms in total. The summed E-state index contributed by atoms with van der Waals surface area (Å²) in [6.45, 7) is 6.93. The third kappa shape index (κ3) is 1.01. The highest BCUT2D eigenvalue weighted by Gasteiger charge is 2.62. The Labute approximate surface area is 99.1 Å². The Kier molecular flexibility index (Phi) is 2.18. The van der Waals surface area contributed by atoms with Gasteiger partial charge in [0.05, 0.1) is 0 Å². The van der Waals surface area contributed by atoms with E-state index in [0.29, 0.717) is 5.41 Å². The maximum atomic E-state index is 2.46. The van der Waals surface area contributed by atoms with E-state index in [4.69, 9.17) is 0 Å². The minimum Gasteiger partial charge on any atom is -0.0654 e. The van der Waals surface area contributed by atoms with Crippen LogP contribution >= 0.6 is 0 Å². The molecular formula is C16H22. The van der Waals surface area contributed by atoms with E-state index in [1.54, 1.807) is 11.1 Å². The molecule has 0 aromatic heterocycles. The number of fused-ring (bicyclic) bond motifs is 4. The van der Waals surface area contributed by atoms with Crippen LogP contribution in [0.5, 0.6) is 0 Å². The summed E-state index contributed by atoms with van der Waals surface area (Å²) in [5.74, 6) is 1.87. The van der Waals surface area contributed by atoms with Crippen LogP contribution in [0.2, 0.25) is 0 Å². The fourth-order valence-electron chi connectivity index (χ4n) is 4.40. The zero-order chi connectivity index (χ0) is 11.3. The van der Waals surface area contributed by atoms with E-state index in [-0.39, 0.29) is 0 Å². The lowest BCUT2D eigenvalue weighted by Crippen LogP contribution is -2.58. The van der Waals surface area contributed by atoms with Crippen molar-refractivity contribution < 1.29 is 0 Å². The lowest BCUT2D eigenvalue weighted by atomic mass is 9.38. The lowest BCUT2D eigenvalue weighted by Gasteiger charge is -2.65. The van der Waals surface area contributed by atoms with E-state index in [2.05, 4.69) is 39.0 Å². The van der Waals surface area contributed by atoms with Crippen molar-refractivity contribution in [2.75, 3.05) is 0 Å². The summed E-state index contributed by atoms with van der Waals surface area (Å²) in [5, 5.41) is 0. The number of hydrogen-bond donors (Lipinski definition) is 0. The SMILES string of the molecule is CCC[C@]12c3cc(C)ccc3C1CC2CC. The summed E-state index contributed by atoms with van der Waals surface area (Å²) in [5.41, 5.74) is 5.42. The van der Waals surface area contributed by atoms with E-state index in [1.165, 1.54) is 31.2 Å². The van der Waals surface area contributed by atoms with E-state index in [0.717, 1.165) is 11.8 Å². The van der Waals surface area contributed by atoms with Crippen molar-refractivity contribution in [3.8, 4) is 0 Å². The Morgan fingerprint density at radius 3 is 2.81 bits per heavy atom. The van der Waals surface area contributed by atoms with E-state index in [9.17, 15) is 0 Å². The molecule has 0 bridgehead atoms. The molecule has 0 heterocycles. The van der Waals surface area contributed by atoms with Crippen molar-refractivity contribution in [2.45, 2.75) is 57.8 Å². The smallest absolute Gasteiger partial charge is 0.00530 e. The third-order valence-corrected chi connectivity index (χ3v) is 5.11. The van der Waals surface area contributed by atoms with Gasteiger partial charge >= 0.3 is 0 Å². The average Bonchev–Trinajstić information content (AvgIpc) is 2.27. The van der Waals surface area contributed by atoms with Crippen LogP contribution in [0.1, 0.15) is 62.1 Å². The molecule has 2 aliphatic carbocycles. The summed E-state index contributed by atoms with van der Waals surface area (Å²) in [6, 6.07) is 7.13. The Morgan fingerprint density at radius 1 is 1.31 bits per heavy atom. The molecule has 0 radical (unpaired) electrons. The topological polar surface area (TPSA) is 0 Å². The second-order valence-electron chi connectivity index (χ2n) is 5.77. The number of aryl methyl sites for hydroxylation is 1. The first-order chi connectivity index (χ1) is 7.74. The zero-order valence-electron chi connectivity index (χ0n) is 10.7. The first-order valence-corrected chi connectivity index (χ1v) is 6.85. The van der Waals surface area contributed by atoms with Crippen LogP contribution in [-0.2, 0) is 5.41 Å². The highest BCUT2D eigenvalue weighted by Crippen LogP contribution is 2.70. The van der Waals surface area contributed by atoms with Gasteiger partial charge in [-0.25, -0.2) is 0 Å². The first kappa shape index (κ1) is 10.4. The standard InChI is InChI=1S/C16H22/c1-4-8-16-12(5-2)10-15(16)13-7-6-11(3)9-14(13)16/h6-7,9,12,15H,4-5,8,10H2,1-3H3/t12?,15?,16-/m0/s1. The summed E-state index contributed by atoms with van der Waals surface area (Å²) >= 11 is 0. The summed E-state index contributed by atoms with van der Waals surface area (Å²) in [6.07, 6.45) is 5.56. The van der Waals surface area contributed by atoms with Crippen LogP contribution in [0.3, 0.4) is 0 Å². The van der Waals surface area contributed by atoms with E-state index >= 15 is 0 Å². The van der Waals surface area contributed by atoms with Gasteiger partial charge < -0.3 is 0 Å². The molecule has 3 atom stereocenters. The molecule has 0 saturated heterocycles. The Hall–Kier alpha value is -0.780. The number of hydrogen-bond acceptors (Lipinski definition) is 0. The van der Waals surface area contributed by atoms with Crippen LogP contribution in [0.25, 0.3) is 0 Å². The lowest BCUT2D eigenvalue weighted by molar-refractivity contribution is 0.0298. The van der Waals surface area contributed by atoms with Gasteiger partial charge in [-0.05, 0) is 42.7 Å². The molecular weight excluding hydrogens is 192 g/mol. The molecule has 1 aromatic carbocycles. The van der Waals surface area contributed by atoms with Gasteiger partial charge in [-0.15, -0.1) is 0 Å². The molecule has 1 fully saturated rings. The molecule has 0 spiro atoms. The van der Waals surface area contributed by atoms with E-state index < -0.39 is 0 Å². The number of benzene rings is 1. The Bertz CT molecular complexity index is 418. The van der Waals surface area contributed by atoms with Gasteiger partial charge in [0.2, 0.25) is 0 Å². The highest BCUT2D eigenvalue weighted by atomic mass is 14.6. The number of rotatable bonds is 3. The van der Waals surface area contributed by atoms with Crippen molar-refractivity contribution in [1.29, 1.82) is 0 Å². The zero-order valence-corrected chi connectivity index (χ0v) is 10.7. The van der Waals surface area contributed by atoms with Crippen LogP contribution in [0.4, 0.5) is 0 Å². The van der Waals surface area contributed by atoms with Crippen LogP contribution in [0, 0.1) is 12.8 Å². The van der Waals surface area contributed by atoms with Crippen molar-refractivity contribution >= 4 is 0 Å². The van der Waals surface area contributed by atoms with Crippen molar-refractivity contribution in [2.24, 2.45) is 5.92 Å². The Morgan fingerprint density at radius 2 is 2.12 bits per heavy atom. The normalized spacial score (nSPS) is 34.7. The molecule has 0 N–H and O–H groups in total. The predicted octanol–water partition coefficient (Wildman–Crippen LogP) is 4.56. The largest absolute Gasteiger partial charge is 0.0654 e. The molecule has 3 rings (SSSR count). The monoisotopic (exact) mass is 214 g/mol. The minimum absolute atomic E-state index is 0.602. The maximum absolute atomic E-state index is 2.46. The highest BCUT2D eigenvalue weighted by molar-refractivity contribution is 5.56. The van der Waals surface area contributed by atoms with Crippen molar-refractivity contribution in [1.82, 2.24) is 0 Å². The summed E-state index contributed by atoms with van der Waals surface area (Å²) < 4.78 is 0. The average molecular weight is 214 g/mol.